The molecule has 132 valence electrons. The van der Waals surface area contributed by atoms with Crippen molar-refractivity contribution in [1.29, 1.82) is 0 Å². The first-order valence-corrected chi connectivity index (χ1v) is 7.84. The van der Waals surface area contributed by atoms with Crippen LogP contribution in [0.15, 0.2) is 52.3 Å². The number of nitrogens with zero attached hydrogens (tertiary/aromatic N) is 1. The first-order valence-electron chi connectivity index (χ1n) is 7.03. The Labute approximate surface area is 144 Å². The van der Waals surface area contributed by atoms with Crippen molar-refractivity contribution in [2.24, 2.45) is 0 Å². The molecule has 2 rings (SSSR count). The Morgan fingerprint density at radius 2 is 1.76 bits per heavy atom. The Morgan fingerprint density at radius 3 is 2.28 bits per heavy atom. The summed E-state index contributed by atoms with van der Waals surface area (Å²) in [6, 6.07) is 8.70. The molecule has 0 aliphatic rings. The molecule has 2 aromatic carbocycles. The van der Waals surface area contributed by atoms with Crippen molar-refractivity contribution in [2.45, 2.75) is 22.9 Å². The van der Waals surface area contributed by atoms with Gasteiger partial charge >= 0.3 is 12.1 Å². The van der Waals surface area contributed by atoms with Gasteiger partial charge in [-0.2, -0.15) is 13.2 Å². The molecule has 0 aliphatic heterocycles. The van der Waals surface area contributed by atoms with E-state index in [1.54, 1.807) is 0 Å². The predicted octanol–water partition coefficient (Wildman–Crippen LogP) is 4.94. The van der Waals surface area contributed by atoms with Gasteiger partial charge in [0.1, 0.15) is 0 Å². The Kier molecular flexibility index (Phi) is 5.68. The predicted molar refractivity (Wildman–Crippen MR) is 84.6 cm³/mol. The molecule has 0 N–H and O–H groups in total. The largest absolute Gasteiger partial charge is 0.462 e. The highest BCUT2D eigenvalue weighted by Gasteiger charge is 2.36. The highest BCUT2D eigenvalue weighted by molar-refractivity contribution is 7.99. The van der Waals surface area contributed by atoms with E-state index in [-0.39, 0.29) is 17.2 Å². The third-order valence-corrected chi connectivity index (χ3v) is 4.07. The van der Waals surface area contributed by atoms with Crippen LogP contribution >= 0.6 is 11.8 Å². The van der Waals surface area contributed by atoms with Crippen LogP contribution in [0.5, 0.6) is 0 Å². The summed E-state index contributed by atoms with van der Waals surface area (Å²) in [5, 5.41) is 10.6. The molecule has 0 heterocycles. The van der Waals surface area contributed by atoms with Crippen molar-refractivity contribution in [3.05, 3.63) is 63.7 Å². The number of rotatable bonds is 5. The molecule has 0 saturated carbocycles. The van der Waals surface area contributed by atoms with E-state index in [9.17, 15) is 28.1 Å². The van der Waals surface area contributed by atoms with E-state index < -0.39 is 28.2 Å². The lowest BCUT2D eigenvalue weighted by Gasteiger charge is -2.13. The van der Waals surface area contributed by atoms with E-state index in [2.05, 4.69) is 4.74 Å². The summed E-state index contributed by atoms with van der Waals surface area (Å²) in [7, 11) is 0. The highest BCUT2D eigenvalue weighted by Crippen LogP contribution is 2.37. The van der Waals surface area contributed by atoms with Crippen molar-refractivity contribution in [3.8, 4) is 0 Å². The van der Waals surface area contributed by atoms with E-state index in [4.69, 9.17) is 0 Å². The van der Waals surface area contributed by atoms with E-state index in [1.165, 1.54) is 37.3 Å². The number of carbonyl (C=O) groups is 1. The number of nitro groups is 1. The highest BCUT2D eigenvalue weighted by atomic mass is 32.2. The zero-order chi connectivity index (χ0) is 18.6. The molecule has 25 heavy (non-hydrogen) atoms. The Morgan fingerprint density at radius 1 is 1.16 bits per heavy atom. The molecule has 5 nitrogen and oxygen atoms in total. The molecule has 0 atom stereocenters. The maximum Gasteiger partial charge on any atom is 0.417 e. The second-order valence-electron chi connectivity index (χ2n) is 4.78. The summed E-state index contributed by atoms with van der Waals surface area (Å²) in [5.74, 6) is -1.04. The van der Waals surface area contributed by atoms with Crippen LogP contribution < -0.4 is 0 Å². The molecule has 0 bridgehead atoms. The number of hydrogen-bond donors (Lipinski definition) is 0. The van der Waals surface area contributed by atoms with Gasteiger partial charge in [-0.25, -0.2) is 4.79 Å². The minimum absolute atomic E-state index is 0.0323. The average Bonchev–Trinajstić information content (AvgIpc) is 2.54. The van der Waals surface area contributed by atoms with Crippen molar-refractivity contribution in [1.82, 2.24) is 0 Å². The molecule has 0 radical (unpaired) electrons. The molecule has 0 aromatic heterocycles. The first kappa shape index (κ1) is 18.8. The molecule has 0 saturated heterocycles. The number of alkyl halides is 3. The monoisotopic (exact) mass is 371 g/mol. The Hall–Kier alpha value is -2.55. The lowest BCUT2D eigenvalue weighted by Crippen LogP contribution is -2.15. The van der Waals surface area contributed by atoms with Gasteiger partial charge in [0, 0.05) is 21.9 Å². The van der Waals surface area contributed by atoms with E-state index in [1.807, 2.05) is 0 Å². The smallest absolute Gasteiger partial charge is 0.417 e. The summed E-state index contributed by atoms with van der Waals surface area (Å²) in [6.07, 6.45) is -4.71. The maximum absolute atomic E-state index is 13.2. The summed E-state index contributed by atoms with van der Waals surface area (Å²) < 4.78 is 44.3. The molecule has 9 heteroatoms. The van der Waals surface area contributed by atoms with Gasteiger partial charge in [-0.3, -0.25) is 10.1 Å². The molecule has 0 spiro atoms. The van der Waals surface area contributed by atoms with Crippen molar-refractivity contribution in [3.63, 3.8) is 0 Å². The molecule has 0 unspecified atom stereocenters. The number of carbonyl (C=O) groups excluding carboxylic acids is 1. The van der Waals surface area contributed by atoms with Gasteiger partial charge in [0.05, 0.1) is 22.7 Å². The normalized spacial score (nSPS) is 11.2. The van der Waals surface area contributed by atoms with Crippen LogP contribution in [0.2, 0.25) is 0 Å². The summed E-state index contributed by atoms with van der Waals surface area (Å²) >= 11 is 0.997. The SMILES string of the molecule is CCOC(=O)c1ccc(Sc2ccc([N+](=O)[O-])cc2)cc1C(F)(F)F. The van der Waals surface area contributed by atoms with Gasteiger partial charge < -0.3 is 4.74 Å². The molecule has 2 aromatic rings. The lowest BCUT2D eigenvalue weighted by molar-refractivity contribution is -0.384. The number of benzene rings is 2. The van der Waals surface area contributed by atoms with Crippen LogP contribution in [0.3, 0.4) is 0 Å². The van der Waals surface area contributed by atoms with Gasteiger partial charge in [0.25, 0.3) is 5.69 Å². The molecule has 0 amide bonds. The van der Waals surface area contributed by atoms with Crippen molar-refractivity contribution >= 4 is 23.4 Å². The Balaban J connectivity index is 2.33. The summed E-state index contributed by atoms with van der Waals surface area (Å²) in [4.78, 5) is 22.5. The first-order chi connectivity index (χ1) is 11.7. The van der Waals surface area contributed by atoms with Crippen LogP contribution in [0.4, 0.5) is 18.9 Å². The average molecular weight is 371 g/mol. The second-order valence-corrected chi connectivity index (χ2v) is 5.93. The number of esters is 1. The number of halogens is 3. The number of ether oxygens (including phenoxy) is 1. The third kappa shape index (κ3) is 4.72. The van der Waals surface area contributed by atoms with Crippen LogP contribution in [0.1, 0.15) is 22.8 Å². The van der Waals surface area contributed by atoms with E-state index in [0.29, 0.717) is 4.90 Å². The van der Waals surface area contributed by atoms with E-state index >= 15 is 0 Å². The van der Waals surface area contributed by atoms with Crippen molar-refractivity contribution < 1.29 is 27.6 Å². The van der Waals surface area contributed by atoms with Gasteiger partial charge in [0.2, 0.25) is 0 Å². The van der Waals surface area contributed by atoms with Crippen LogP contribution in [0.25, 0.3) is 0 Å². The van der Waals surface area contributed by atoms with Gasteiger partial charge in [0.15, 0.2) is 0 Å². The fraction of sp³-hybridized carbons (Fsp3) is 0.188. The topological polar surface area (TPSA) is 69.4 Å². The molecular weight excluding hydrogens is 359 g/mol. The van der Waals surface area contributed by atoms with Crippen molar-refractivity contribution in [2.75, 3.05) is 6.61 Å². The number of nitro benzene ring substituents is 1. The minimum atomic E-state index is -4.71. The number of non-ortho nitro benzene ring substituents is 1. The minimum Gasteiger partial charge on any atom is -0.462 e. The van der Waals surface area contributed by atoms with Gasteiger partial charge in [-0.05, 0) is 37.3 Å². The molecule has 0 fully saturated rings. The fourth-order valence-electron chi connectivity index (χ4n) is 1.98. The van der Waals surface area contributed by atoms with Gasteiger partial charge in [-0.1, -0.05) is 11.8 Å². The van der Waals surface area contributed by atoms with E-state index in [0.717, 1.165) is 23.9 Å². The fourth-order valence-corrected chi connectivity index (χ4v) is 2.84. The maximum atomic E-state index is 13.2. The quantitative estimate of drug-likeness (QED) is 0.423. The number of hydrogen-bond acceptors (Lipinski definition) is 5. The molecular formula is C16H12F3NO4S. The Bertz CT molecular complexity index is 791. The van der Waals surface area contributed by atoms with Crippen LogP contribution in [-0.2, 0) is 10.9 Å². The van der Waals surface area contributed by atoms with Crippen LogP contribution in [-0.4, -0.2) is 17.5 Å². The van der Waals surface area contributed by atoms with Crippen LogP contribution in [0, 0.1) is 10.1 Å². The van der Waals surface area contributed by atoms with Gasteiger partial charge in [-0.15, -0.1) is 0 Å². The third-order valence-electron chi connectivity index (χ3n) is 3.08. The standard InChI is InChI=1S/C16H12F3NO4S/c1-2-24-15(21)13-8-7-12(9-14(13)16(17,18)19)25-11-5-3-10(4-6-11)20(22)23/h3-9H,2H2,1H3. The second kappa shape index (κ2) is 7.56. The zero-order valence-electron chi connectivity index (χ0n) is 12.9. The summed E-state index contributed by atoms with van der Waals surface area (Å²) in [6.45, 7) is 1.47. The molecule has 0 aliphatic carbocycles. The zero-order valence-corrected chi connectivity index (χ0v) is 13.7. The summed E-state index contributed by atoms with van der Waals surface area (Å²) in [5.41, 5.74) is -1.75. The lowest BCUT2D eigenvalue weighted by atomic mass is 10.1.